The van der Waals surface area contributed by atoms with Gasteiger partial charge in [0.2, 0.25) is 0 Å². The summed E-state index contributed by atoms with van der Waals surface area (Å²) in [4.78, 5) is 22.0. The Morgan fingerprint density at radius 1 is 1.48 bits per heavy atom. The highest BCUT2D eigenvalue weighted by Gasteiger charge is 2.25. The van der Waals surface area contributed by atoms with Crippen molar-refractivity contribution in [2.45, 2.75) is 45.4 Å². The van der Waals surface area contributed by atoms with E-state index in [1.807, 2.05) is 6.92 Å². The maximum atomic E-state index is 10.6. The van der Waals surface area contributed by atoms with Crippen LogP contribution < -0.4 is 10.4 Å². The number of carboxylic acids is 1. The second-order valence-corrected chi connectivity index (χ2v) is 6.66. The van der Waals surface area contributed by atoms with Gasteiger partial charge in [0.05, 0.1) is 5.39 Å². The molecule has 21 heavy (non-hydrogen) atoms. The smallest absolute Gasteiger partial charge is 0.138 e. The first-order valence-electron chi connectivity index (χ1n) is 7.30. The number of hydrogen-bond donors (Lipinski definition) is 1. The summed E-state index contributed by atoms with van der Waals surface area (Å²) in [5.41, 5.74) is 1.36. The number of hydrogen-bond acceptors (Lipinski definition) is 6. The van der Waals surface area contributed by atoms with Crippen molar-refractivity contribution in [1.29, 1.82) is 0 Å². The molecule has 0 aromatic carbocycles. The lowest BCUT2D eigenvalue weighted by Gasteiger charge is -2.19. The van der Waals surface area contributed by atoms with Crippen LogP contribution in [-0.2, 0) is 11.2 Å². The van der Waals surface area contributed by atoms with E-state index in [-0.39, 0.29) is 6.42 Å². The number of carbonyl (C=O) groups excluding carboxylic acids is 1. The van der Waals surface area contributed by atoms with Gasteiger partial charge >= 0.3 is 0 Å². The topological polar surface area (TPSA) is 77.9 Å². The van der Waals surface area contributed by atoms with Gasteiger partial charge in [-0.1, -0.05) is 6.92 Å². The van der Waals surface area contributed by atoms with Gasteiger partial charge in [-0.05, 0) is 37.7 Å². The third kappa shape index (κ3) is 2.72. The fraction of sp³-hybridized carbons (Fsp3) is 0.533. The van der Waals surface area contributed by atoms with Gasteiger partial charge < -0.3 is 15.2 Å². The molecule has 0 spiro atoms. The molecule has 6 heteroatoms. The molecular weight excluding hydrogens is 286 g/mol. The number of carbonyl (C=O) groups is 1. The van der Waals surface area contributed by atoms with E-state index in [1.54, 1.807) is 11.3 Å². The minimum Gasteiger partial charge on any atom is -0.550 e. The summed E-state index contributed by atoms with van der Waals surface area (Å²) in [6, 6.07) is 0. The quantitative estimate of drug-likeness (QED) is 0.934. The lowest BCUT2D eigenvalue weighted by atomic mass is 9.87. The van der Waals surface area contributed by atoms with Crippen molar-refractivity contribution in [2.75, 3.05) is 11.9 Å². The molecule has 1 aliphatic rings. The van der Waals surface area contributed by atoms with Gasteiger partial charge in [0, 0.05) is 23.8 Å². The Labute approximate surface area is 127 Å². The molecule has 1 aliphatic carbocycles. The third-order valence-electron chi connectivity index (χ3n) is 3.93. The predicted octanol–water partition coefficient (Wildman–Crippen LogP) is 1.99. The van der Waals surface area contributed by atoms with E-state index in [2.05, 4.69) is 22.2 Å². The van der Waals surface area contributed by atoms with Gasteiger partial charge in [0.1, 0.15) is 16.5 Å². The van der Waals surface area contributed by atoms with Crippen LogP contribution in [0.15, 0.2) is 0 Å². The lowest BCUT2D eigenvalue weighted by molar-refractivity contribution is -0.305. The van der Waals surface area contributed by atoms with Gasteiger partial charge in [-0.3, -0.25) is 0 Å². The highest BCUT2D eigenvalue weighted by atomic mass is 32.1. The first-order chi connectivity index (χ1) is 10.1. The summed E-state index contributed by atoms with van der Waals surface area (Å²) in [7, 11) is 0. The molecule has 0 bridgehead atoms. The average Bonchev–Trinajstić information content (AvgIpc) is 2.77. The number of aromatic nitrogens is 2. The Hall–Kier alpha value is -1.69. The van der Waals surface area contributed by atoms with Gasteiger partial charge in [0.15, 0.2) is 0 Å². The van der Waals surface area contributed by atoms with E-state index in [0.29, 0.717) is 18.3 Å². The third-order valence-corrected chi connectivity index (χ3v) is 5.09. The fourth-order valence-electron chi connectivity index (χ4n) is 3.01. The molecule has 0 aliphatic heterocycles. The summed E-state index contributed by atoms with van der Waals surface area (Å²) in [5.74, 6) is 0.940. The van der Waals surface area contributed by atoms with Crippen molar-refractivity contribution >= 4 is 33.3 Å². The van der Waals surface area contributed by atoms with Gasteiger partial charge in [-0.2, -0.15) is 0 Å². The fourth-order valence-corrected chi connectivity index (χ4v) is 4.38. The van der Waals surface area contributed by atoms with E-state index in [4.69, 9.17) is 0 Å². The molecule has 0 radical (unpaired) electrons. The molecule has 1 N–H and O–H groups in total. The number of rotatable bonds is 4. The molecule has 0 saturated carbocycles. The van der Waals surface area contributed by atoms with E-state index < -0.39 is 5.97 Å². The first-order valence-corrected chi connectivity index (χ1v) is 8.11. The largest absolute Gasteiger partial charge is 0.550 e. The monoisotopic (exact) mass is 304 g/mol. The molecule has 3 rings (SSSR count). The number of carboxylic acid groups (broad SMARTS) is 1. The maximum Gasteiger partial charge on any atom is 0.138 e. The molecule has 2 heterocycles. The summed E-state index contributed by atoms with van der Waals surface area (Å²) in [6.07, 6.45) is 3.50. The minimum atomic E-state index is -1.05. The van der Waals surface area contributed by atoms with Crippen molar-refractivity contribution in [1.82, 2.24) is 9.97 Å². The molecule has 0 saturated heterocycles. The number of thiophene rings is 1. The number of nitrogens with one attached hydrogen (secondary N) is 1. The highest BCUT2D eigenvalue weighted by molar-refractivity contribution is 7.19. The van der Waals surface area contributed by atoms with Crippen LogP contribution in [0.2, 0.25) is 0 Å². The number of aliphatic carboxylic acids is 1. The molecule has 2 aromatic rings. The van der Waals surface area contributed by atoms with Crippen LogP contribution in [0.25, 0.3) is 10.2 Å². The normalized spacial score (nSPS) is 17.7. The van der Waals surface area contributed by atoms with Crippen LogP contribution in [0.5, 0.6) is 0 Å². The second kappa shape index (κ2) is 5.60. The van der Waals surface area contributed by atoms with Gasteiger partial charge in [0.25, 0.3) is 0 Å². The van der Waals surface area contributed by atoms with Crippen molar-refractivity contribution in [3.63, 3.8) is 0 Å². The van der Waals surface area contributed by atoms with Crippen molar-refractivity contribution in [2.24, 2.45) is 0 Å². The van der Waals surface area contributed by atoms with Crippen LogP contribution >= 0.6 is 11.3 Å². The SMILES string of the molecule is Cc1nc(NCCC(=O)[O-])c2c3c(sc2n1)CCC[C@H]3C. The Kier molecular flexibility index (Phi) is 3.80. The summed E-state index contributed by atoms with van der Waals surface area (Å²) in [6.45, 7) is 4.44. The number of anilines is 1. The van der Waals surface area contributed by atoms with Gasteiger partial charge in [-0.25, -0.2) is 9.97 Å². The molecule has 1 atom stereocenters. The van der Waals surface area contributed by atoms with Crippen LogP contribution in [0, 0.1) is 6.92 Å². The van der Waals surface area contributed by atoms with E-state index >= 15 is 0 Å². The zero-order valence-electron chi connectivity index (χ0n) is 12.2. The number of fused-ring (bicyclic) bond motifs is 3. The summed E-state index contributed by atoms with van der Waals surface area (Å²) in [5, 5.41) is 14.8. The molecule has 0 amide bonds. The molecule has 0 unspecified atom stereocenters. The Morgan fingerprint density at radius 2 is 2.29 bits per heavy atom. The van der Waals surface area contributed by atoms with Crippen LogP contribution in [0.3, 0.4) is 0 Å². The summed E-state index contributed by atoms with van der Waals surface area (Å²) < 4.78 is 0. The zero-order valence-corrected chi connectivity index (χ0v) is 13.0. The lowest BCUT2D eigenvalue weighted by Crippen LogP contribution is -2.25. The van der Waals surface area contributed by atoms with Crippen molar-refractivity contribution in [3.05, 3.63) is 16.3 Å². The Bertz CT molecular complexity index is 696. The van der Waals surface area contributed by atoms with Crippen molar-refractivity contribution in [3.8, 4) is 0 Å². The first kappa shape index (κ1) is 14.3. The number of aryl methyl sites for hydroxylation is 2. The van der Waals surface area contributed by atoms with Crippen molar-refractivity contribution < 1.29 is 9.90 Å². The van der Waals surface area contributed by atoms with E-state index in [1.165, 1.54) is 23.3 Å². The highest BCUT2D eigenvalue weighted by Crippen LogP contribution is 2.43. The van der Waals surface area contributed by atoms with Gasteiger partial charge in [-0.15, -0.1) is 11.3 Å². The Morgan fingerprint density at radius 3 is 3.05 bits per heavy atom. The van der Waals surface area contributed by atoms with E-state index in [0.717, 1.165) is 22.5 Å². The standard InChI is InChI=1S/C15H19N3O2S/c1-8-4-3-5-10-12(8)13-14(16-7-6-11(19)20)17-9(2)18-15(13)21-10/h8H,3-7H2,1-2H3,(H,19,20)(H,16,17,18)/p-1/t8-/m1/s1. The maximum absolute atomic E-state index is 10.6. The molecule has 0 fully saturated rings. The molecular formula is C15H18N3O2S-. The second-order valence-electron chi connectivity index (χ2n) is 5.58. The average molecular weight is 304 g/mol. The minimum absolute atomic E-state index is 0.0214. The zero-order chi connectivity index (χ0) is 15.0. The predicted molar refractivity (Wildman–Crippen MR) is 81.6 cm³/mol. The molecule has 2 aromatic heterocycles. The molecule has 5 nitrogen and oxygen atoms in total. The van der Waals surface area contributed by atoms with E-state index in [9.17, 15) is 9.90 Å². The van der Waals surface area contributed by atoms with Crippen LogP contribution in [0.1, 0.15) is 48.4 Å². The van der Waals surface area contributed by atoms with Crippen LogP contribution in [0.4, 0.5) is 5.82 Å². The molecule has 112 valence electrons. The Balaban J connectivity index is 2.05. The van der Waals surface area contributed by atoms with Crippen LogP contribution in [-0.4, -0.2) is 22.5 Å². The summed E-state index contributed by atoms with van der Waals surface area (Å²) >= 11 is 1.75. The number of nitrogens with zero attached hydrogens (tertiary/aromatic N) is 2.